The smallest absolute Gasteiger partial charge is 0.333 e. The first-order valence-corrected chi connectivity index (χ1v) is 8.63. The van der Waals surface area contributed by atoms with Gasteiger partial charge in [0.25, 0.3) is 0 Å². The Bertz CT molecular complexity index is 731. The monoisotopic (exact) mass is 387 g/mol. The van der Waals surface area contributed by atoms with Crippen LogP contribution >= 0.6 is 24.0 Å². The summed E-state index contributed by atoms with van der Waals surface area (Å²) < 4.78 is 14.8. The number of hydrogen-bond acceptors (Lipinski definition) is 4. The number of nitrogens with zero attached hydrogens (tertiary/aromatic N) is 2. The molecule has 1 saturated carbocycles. The number of hydrogen-bond donors (Lipinski definition) is 2. The fourth-order valence-electron chi connectivity index (χ4n) is 3.49. The van der Waals surface area contributed by atoms with Gasteiger partial charge in [-0.3, -0.25) is 0 Å². The van der Waals surface area contributed by atoms with Crippen LogP contribution in [0.4, 0.5) is 15.8 Å². The van der Waals surface area contributed by atoms with Gasteiger partial charge in [0.15, 0.2) is 0 Å². The number of nitrogens with one attached hydrogen (secondary N) is 1. The Morgan fingerprint density at radius 1 is 1.28 bits per heavy atom. The molecule has 1 aromatic carbocycles. The van der Waals surface area contributed by atoms with E-state index in [4.69, 9.17) is 11.6 Å². The number of carboxylic acid groups (broad SMARTS) is 1. The molecule has 25 heavy (non-hydrogen) atoms. The molecule has 5 nitrogen and oxygen atoms in total. The van der Waals surface area contributed by atoms with Gasteiger partial charge < -0.3 is 20.2 Å². The minimum absolute atomic E-state index is 0. The molecule has 136 valence electrons. The third-order valence-corrected chi connectivity index (χ3v) is 5.19. The zero-order chi connectivity index (χ0) is 16.8. The van der Waals surface area contributed by atoms with Crippen LogP contribution in [0.5, 0.6) is 0 Å². The van der Waals surface area contributed by atoms with E-state index in [9.17, 15) is 14.3 Å². The molecule has 2 aliphatic heterocycles. The van der Waals surface area contributed by atoms with E-state index < -0.39 is 5.97 Å². The Kier molecular flexibility index (Phi) is 5.14. The number of benzene rings is 1. The molecular formula is C17H20Cl2FN3O2. The number of aliphatic carboxylic acids is 1. The number of halogens is 3. The third kappa shape index (κ3) is 3.30. The second-order valence-corrected chi connectivity index (χ2v) is 6.92. The standard InChI is InChI=1S/C17H19ClFN3O2.ClH/c18-14-15-10(7-11(17(23)24)9-22(15)12-1-2-12)8-13(19)16(14)21-5-3-20-4-6-21;/h8-9,12,20H,1-7H2,(H,23,24);1H. The minimum Gasteiger partial charge on any atom is -0.478 e. The lowest BCUT2D eigenvalue weighted by molar-refractivity contribution is -0.132. The first-order valence-electron chi connectivity index (χ1n) is 8.25. The lowest BCUT2D eigenvalue weighted by Gasteiger charge is -2.35. The van der Waals surface area contributed by atoms with Crippen molar-refractivity contribution in [2.45, 2.75) is 25.3 Å². The summed E-state index contributed by atoms with van der Waals surface area (Å²) in [5.74, 6) is -1.34. The van der Waals surface area contributed by atoms with Crippen molar-refractivity contribution in [3.8, 4) is 0 Å². The molecule has 0 aromatic heterocycles. The molecule has 0 radical (unpaired) electrons. The van der Waals surface area contributed by atoms with Gasteiger partial charge in [-0.25, -0.2) is 9.18 Å². The van der Waals surface area contributed by atoms with Crippen molar-refractivity contribution in [1.29, 1.82) is 0 Å². The molecule has 1 aromatic rings. The quantitative estimate of drug-likeness (QED) is 0.834. The minimum atomic E-state index is -0.964. The highest BCUT2D eigenvalue weighted by atomic mass is 35.5. The zero-order valence-electron chi connectivity index (χ0n) is 13.6. The van der Waals surface area contributed by atoms with Crippen molar-refractivity contribution in [2.24, 2.45) is 0 Å². The highest BCUT2D eigenvalue weighted by Crippen LogP contribution is 2.46. The summed E-state index contributed by atoms with van der Waals surface area (Å²) in [4.78, 5) is 15.3. The molecule has 2 fully saturated rings. The lowest BCUT2D eigenvalue weighted by Crippen LogP contribution is -2.44. The van der Waals surface area contributed by atoms with E-state index in [0.29, 0.717) is 29.4 Å². The van der Waals surface area contributed by atoms with Crippen molar-refractivity contribution in [2.75, 3.05) is 36.0 Å². The molecule has 0 amide bonds. The number of carbonyl (C=O) groups is 1. The Balaban J connectivity index is 0.00000182. The maximum absolute atomic E-state index is 14.8. The maximum atomic E-state index is 14.8. The van der Waals surface area contributed by atoms with E-state index in [1.165, 1.54) is 6.07 Å². The largest absolute Gasteiger partial charge is 0.478 e. The van der Waals surface area contributed by atoms with Gasteiger partial charge in [0.1, 0.15) is 5.82 Å². The average Bonchev–Trinajstić information content (AvgIpc) is 3.39. The Hall–Kier alpha value is -1.50. The van der Waals surface area contributed by atoms with Gasteiger partial charge >= 0.3 is 5.97 Å². The average molecular weight is 388 g/mol. The van der Waals surface area contributed by atoms with Gasteiger partial charge in [-0.1, -0.05) is 11.6 Å². The van der Waals surface area contributed by atoms with Crippen LogP contribution in [-0.4, -0.2) is 43.3 Å². The number of piperazine rings is 1. The van der Waals surface area contributed by atoms with Crippen LogP contribution in [0.1, 0.15) is 18.4 Å². The molecule has 0 bridgehead atoms. The highest BCUT2D eigenvalue weighted by molar-refractivity contribution is 6.36. The van der Waals surface area contributed by atoms with Crippen molar-refractivity contribution in [3.63, 3.8) is 0 Å². The Morgan fingerprint density at radius 2 is 1.96 bits per heavy atom. The van der Waals surface area contributed by atoms with Gasteiger partial charge in [-0.15, -0.1) is 12.4 Å². The molecule has 0 unspecified atom stereocenters. The fraction of sp³-hybridized carbons (Fsp3) is 0.471. The molecule has 8 heteroatoms. The zero-order valence-corrected chi connectivity index (χ0v) is 15.2. The molecule has 0 spiro atoms. The van der Waals surface area contributed by atoms with Gasteiger partial charge in [0.05, 0.1) is 22.0 Å². The Morgan fingerprint density at radius 3 is 2.56 bits per heavy atom. The van der Waals surface area contributed by atoms with Crippen LogP contribution in [0.15, 0.2) is 17.8 Å². The summed E-state index contributed by atoms with van der Waals surface area (Å²) in [6.07, 6.45) is 3.87. The fourth-order valence-corrected chi connectivity index (χ4v) is 3.92. The van der Waals surface area contributed by atoms with Crippen LogP contribution < -0.4 is 15.1 Å². The first kappa shape index (κ1) is 18.3. The van der Waals surface area contributed by atoms with Crippen LogP contribution in [0.25, 0.3) is 0 Å². The summed E-state index contributed by atoms with van der Waals surface area (Å²) in [7, 11) is 0. The van der Waals surface area contributed by atoms with Crippen LogP contribution in [-0.2, 0) is 11.2 Å². The molecule has 2 N–H and O–H groups in total. The Labute approximate surface area is 156 Å². The predicted octanol–water partition coefficient (Wildman–Crippen LogP) is 2.80. The topological polar surface area (TPSA) is 55.8 Å². The number of carboxylic acids is 1. The molecule has 3 aliphatic rings. The van der Waals surface area contributed by atoms with Crippen molar-refractivity contribution < 1.29 is 14.3 Å². The first-order chi connectivity index (χ1) is 11.6. The van der Waals surface area contributed by atoms with Crippen LogP contribution in [0.2, 0.25) is 5.02 Å². The summed E-state index contributed by atoms with van der Waals surface area (Å²) in [5, 5.41) is 13.0. The van der Waals surface area contributed by atoms with E-state index in [0.717, 1.165) is 31.6 Å². The second kappa shape index (κ2) is 7.02. The molecule has 1 aliphatic carbocycles. The van der Waals surface area contributed by atoms with Gasteiger partial charge in [-0.2, -0.15) is 0 Å². The predicted molar refractivity (Wildman–Crippen MR) is 98.7 cm³/mol. The summed E-state index contributed by atoms with van der Waals surface area (Å²) in [6, 6.07) is 1.72. The summed E-state index contributed by atoms with van der Waals surface area (Å²) >= 11 is 6.64. The lowest BCUT2D eigenvalue weighted by atomic mass is 9.98. The maximum Gasteiger partial charge on any atom is 0.333 e. The van der Waals surface area contributed by atoms with Crippen LogP contribution in [0, 0.1) is 5.82 Å². The van der Waals surface area contributed by atoms with Crippen molar-refractivity contribution in [1.82, 2.24) is 5.32 Å². The molecule has 1 saturated heterocycles. The molecule has 2 heterocycles. The van der Waals surface area contributed by atoms with E-state index in [2.05, 4.69) is 5.32 Å². The van der Waals surface area contributed by atoms with Gasteiger partial charge in [0.2, 0.25) is 0 Å². The van der Waals surface area contributed by atoms with E-state index >= 15 is 0 Å². The second-order valence-electron chi connectivity index (χ2n) is 6.54. The van der Waals surface area contributed by atoms with E-state index in [1.807, 2.05) is 9.80 Å². The van der Waals surface area contributed by atoms with Crippen molar-refractivity contribution >= 4 is 41.4 Å². The summed E-state index contributed by atoms with van der Waals surface area (Å²) in [5.41, 5.74) is 2.15. The normalized spacial score (nSPS) is 19.8. The number of anilines is 2. The van der Waals surface area contributed by atoms with Gasteiger partial charge in [0, 0.05) is 44.8 Å². The SMILES string of the molecule is Cl.O=C(O)C1=CN(C2CC2)c2c(cc(F)c(N3CCNCC3)c2Cl)C1. The highest BCUT2D eigenvalue weighted by Gasteiger charge is 2.36. The van der Waals surface area contributed by atoms with Crippen LogP contribution in [0.3, 0.4) is 0 Å². The number of rotatable bonds is 3. The molecule has 4 rings (SSSR count). The van der Waals surface area contributed by atoms with E-state index in [1.54, 1.807) is 6.20 Å². The third-order valence-electron chi connectivity index (χ3n) is 4.83. The van der Waals surface area contributed by atoms with Gasteiger partial charge in [-0.05, 0) is 24.5 Å². The number of fused-ring (bicyclic) bond motifs is 1. The molecule has 0 atom stereocenters. The van der Waals surface area contributed by atoms with Crippen molar-refractivity contribution in [3.05, 3.63) is 34.2 Å². The molecular weight excluding hydrogens is 368 g/mol. The summed E-state index contributed by atoms with van der Waals surface area (Å²) in [6.45, 7) is 2.99. The van der Waals surface area contributed by atoms with E-state index in [-0.39, 0.29) is 36.3 Å².